The highest BCUT2D eigenvalue weighted by Gasteiger charge is 2.18. The molecule has 0 saturated carbocycles. The Morgan fingerprint density at radius 3 is 3.04 bits per heavy atom. The summed E-state index contributed by atoms with van der Waals surface area (Å²) < 4.78 is 8.56. The van der Waals surface area contributed by atoms with Crippen molar-refractivity contribution in [3.05, 3.63) is 34.2 Å². The number of aromatic nitrogens is 2. The number of hydrogen-bond donors (Lipinski definition) is 1. The second-order valence-corrected chi connectivity index (χ2v) is 6.52. The molecule has 1 unspecified atom stereocenters. The van der Waals surface area contributed by atoms with Crippen molar-refractivity contribution in [2.75, 3.05) is 19.7 Å². The molecule has 2 N–H and O–H groups in total. The third-order valence-electron chi connectivity index (χ3n) is 3.72. The van der Waals surface area contributed by atoms with E-state index in [1.807, 2.05) is 30.6 Å². The lowest BCUT2D eigenvalue weighted by Crippen LogP contribution is -2.47. The topological polar surface area (TPSA) is 68.2 Å². The molecule has 1 fully saturated rings. The molecule has 126 valence electrons. The van der Waals surface area contributed by atoms with Crippen LogP contribution in [0.5, 0.6) is 0 Å². The van der Waals surface area contributed by atoms with Crippen LogP contribution in [0.25, 0.3) is 5.65 Å². The summed E-state index contributed by atoms with van der Waals surface area (Å²) in [6, 6.07) is 2.05. The molecule has 2 aromatic rings. The number of hydrogen-bond acceptors (Lipinski definition) is 3. The monoisotopic (exact) mass is 493 g/mol. The van der Waals surface area contributed by atoms with Crippen molar-refractivity contribution in [3.63, 3.8) is 0 Å². The Balaban J connectivity index is 0.00000192. The van der Waals surface area contributed by atoms with Crippen LogP contribution in [0.3, 0.4) is 0 Å². The molecule has 6 nitrogen and oxygen atoms in total. The Kier molecular flexibility index (Phi) is 6.26. The molecule has 8 heteroatoms. The van der Waals surface area contributed by atoms with E-state index in [0.717, 1.165) is 34.5 Å². The minimum absolute atomic E-state index is 0. The number of fused-ring (bicyclic) bond motifs is 1. The Labute approximate surface area is 161 Å². The molecule has 0 amide bonds. The van der Waals surface area contributed by atoms with Gasteiger partial charge in [0.1, 0.15) is 5.65 Å². The van der Waals surface area contributed by atoms with E-state index in [1.54, 1.807) is 0 Å². The molecule has 2 aromatic heterocycles. The van der Waals surface area contributed by atoms with E-state index in [1.165, 1.54) is 0 Å². The number of guanidine groups is 1. The minimum Gasteiger partial charge on any atom is -0.375 e. The van der Waals surface area contributed by atoms with Crippen molar-refractivity contribution in [1.82, 2.24) is 14.3 Å². The van der Waals surface area contributed by atoms with Crippen molar-refractivity contribution < 1.29 is 4.74 Å². The van der Waals surface area contributed by atoms with Gasteiger partial charge in [-0.2, -0.15) is 0 Å². The first-order chi connectivity index (χ1) is 10.5. The fourth-order valence-electron chi connectivity index (χ4n) is 2.64. The molecule has 1 aliphatic rings. The average Bonchev–Trinajstić information content (AvgIpc) is 2.88. The number of nitrogens with two attached hydrogens (primary N) is 1. The van der Waals surface area contributed by atoms with E-state index >= 15 is 0 Å². The summed E-state index contributed by atoms with van der Waals surface area (Å²) in [6.07, 6.45) is 4.18. The van der Waals surface area contributed by atoms with Gasteiger partial charge in [-0.3, -0.25) is 0 Å². The van der Waals surface area contributed by atoms with Crippen LogP contribution in [0, 0.1) is 6.92 Å². The van der Waals surface area contributed by atoms with Crippen LogP contribution < -0.4 is 5.73 Å². The number of aliphatic imine (C=N–C) groups is 1. The van der Waals surface area contributed by atoms with Crippen LogP contribution in [-0.4, -0.2) is 46.0 Å². The van der Waals surface area contributed by atoms with Crippen molar-refractivity contribution in [3.8, 4) is 0 Å². The van der Waals surface area contributed by atoms with Gasteiger partial charge in [-0.25, -0.2) is 9.98 Å². The van der Waals surface area contributed by atoms with Gasteiger partial charge in [0, 0.05) is 30.0 Å². The zero-order valence-electron chi connectivity index (χ0n) is 13.2. The van der Waals surface area contributed by atoms with E-state index in [4.69, 9.17) is 10.5 Å². The van der Waals surface area contributed by atoms with Gasteiger partial charge in [-0.05, 0) is 41.4 Å². The fraction of sp³-hybridized carbons (Fsp3) is 0.467. The van der Waals surface area contributed by atoms with Crippen LogP contribution in [0.4, 0.5) is 0 Å². The number of ether oxygens (including phenoxy) is 1. The summed E-state index contributed by atoms with van der Waals surface area (Å²) in [5.74, 6) is 0.560. The SMILES string of the molecule is Cc1cc(Br)cn2cc(CN=C(N)N3CCOC(C)C3)nc12.I. The second-order valence-electron chi connectivity index (χ2n) is 5.61. The molecule has 0 spiro atoms. The molecule has 3 heterocycles. The number of halogens is 2. The van der Waals surface area contributed by atoms with Gasteiger partial charge < -0.3 is 19.8 Å². The molecule has 0 bridgehead atoms. The largest absolute Gasteiger partial charge is 0.375 e. The molecule has 1 saturated heterocycles. The zero-order valence-corrected chi connectivity index (χ0v) is 17.1. The number of pyridine rings is 1. The smallest absolute Gasteiger partial charge is 0.191 e. The van der Waals surface area contributed by atoms with E-state index in [-0.39, 0.29) is 30.1 Å². The Morgan fingerprint density at radius 2 is 2.30 bits per heavy atom. The molecule has 1 aliphatic heterocycles. The van der Waals surface area contributed by atoms with Gasteiger partial charge in [0.05, 0.1) is 24.9 Å². The fourth-order valence-corrected chi connectivity index (χ4v) is 3.20. The first-order valence-electron chi connectivity index (χ1n) is 7.33. The average molecular weight is 494 g/mol. The molecule has 0 aliphatic carbocycles. The predicted molar refractivity (Wildman–Crippen MR) is 105 cm³/mol. The van der Waals surface area contributed by atoms with Crippen molar-refractivity contribution in [1.29, 1.82) is 0 Å². The van der Waals surface area contributed by atoms with Gasteiger partial charge in [0.15, 0.2) is 5.96 Å². The molecule has 1 atom stereocenters. The van der Waals surface area contributed by atoms with Gasteiger partial charge in [-0.1, -0.05) is 0 Å². The summed E-state index contributed by atoms with van der Waals surface area (Å²) >= 11 is 3.50. The third-order valence-corrected chi connectivity index (χ3v) is 4.15. The Morgan fingerprint density at radius 1 is 1.52 bits per heavy atom. The number of nitrogens with zero attached hydrogens (tertiary/aromatic N) is 4. The highest BCUT2D eigenvalue weighted by Crippen LogP contribution is 2.17. The lowest BCUT2D eigenvalue weighted by molar-refractivity contribution is 0.00528. The summed E-state index contributed by atoms with van der Waals surface area (Å²) in [5, 5.41) is 0. The standard InChI is InChI=1S/C15H20BrN5O.HI/c1-10-5-12(16)8-21-9-13(19-14(10)21)6-18-15(17)20-3-4-22-11(2)7-20;/h5,8-9,11H,3-4,6-7H2,1-2H3,(H2,17,18);1H. The van der Waals surface area contributed by atoms with Crippen molar-refractivity contribution in [2.45, 2.75) is 26.5 Å². The zero-order chi connectivity index (χ0) is 15.7. The van der Waals surface area contributed by atoms with E-state index in [9.17, 15) is 0 Å². The van der Waals surface area contributed by atoms with Crippen LogP contribution in [0.2, 0.25) is 0 Å². The molecule has 0 radical (unpaired) electrons. The maximum Gasteiger partial charge on any atom is 0.191 e. The maximum atomic E-state index is 6.09. The first kappa shape index (κ1) is 18.5. The normalized spacial score (nSPS) is 19.0. The van der Waals surface area contributed by atoms with E-state index in [2.05, 4.69) is 36.9 Å². The van der Waals surface area contributed by atoms with Gasteiger partial charge in [0.2, 0.25) is 0 Å². The van der Waals surface area contributed by atoms with Gasteiger partial charge in [0.25, 0.3) is 0 Å². The molecule has 23 heavy (non-hydrogen) atoms. The van der Waals surface area contributed by atoms with Gasteiger partial charge in [-0.15, -0.1) is 24.0 Å². The quantitative estimate of drug-likeness (QED) is 0.396. The highest BCUT2D eigenvalue weighted by molar-refractivity contribution is 14.0. The van der Waals surface area contributed by atoms with Crippen molar-refractivity contribution >= 4 is 51.5 Å². The lowest BCUT2D eigenvalue weighted by atomic mass is 10.3. The minimum atomic E-state index is 0. The van der Waals surface area contributed by atoms with Crippen LogP contribution in [0.15, 0.2) is 27.9 Å². The second kappa shape index (κ2) is 7.80. The maximum absolute atomic E-state index is 6.09. The summed E-state index contributed by atoms with van der Waals surface area (Å²) in [5.41, 5.74) is 9.07. The number of rotatable bonds is 2. The molecule has 3 rings (SSSR count). The predicted octanol–water partition coefficient (Wildman–Crippen LogP) is 2.56. The van der Waals surface area contributed by atoms with Crippen LogP contribution in [0.1, 0.15) is 18.2 Å². The van der Waals surface area contributed by atoms with E-state index < -0.39 is 0 Å². The number of morpholine rings is 1. The van der Waals surface area contributed by atoms with Crippen LogP contribution >= 0.6 is 39.9 Å². The van der Waals surface area contributed by atoms with Crippen molar-refractivity contribution in [2.24, 2.45) is 10.7 Å². The number of imidazole rings is 1. The number of aryl methyl sites for hydroxylation is 1. The highest BCUT2D eigenvalue weighted by atomic mass is 127. The van der Waals surface area contributed by atoms with Gasteiger partial charge >= 0.3 is 0 Å². The Hall–Kier alpha value is -0.870. The van der Waals surface area contributed by atoms with Crippen LogP contribution in [-0.2, 0) is 11.3 Å². The summed E-state index contributed by atoms with van der Waals surface area (Å²) in [7, 11) is 0. The summed E-state index contributed by atoms with van der Waals surface area (Å²) in [4.78, 5) is 11.2. The van der Waals surface area contributed by atoms with E-state index in [0.29, 0.717) is 19.1 Å². The Bertz CT molecular complexity index is 717. The molecule has 0 aromatic carbocycles. The molecular weight excluding hydrogens is 473 g/mol. The third kappa shape index (κ3) is 4.36. The lowest BCUT2D eigenvalue weighted by Gasteiger charge is -2.31. The molecular formula is C15H21BrIN5O. The summed E-state index contributed by atoms with van der Waals surface area (Å²) in [6.45, 7) is 6.84. The first-order valence-corrected chi connectivity index (χ1v) is 8.12.